The Bertz CT molecular complexity index is 342. The molecule has 2 nitrogen and oxygen atoms in total. The lowest BCUT2D eigenvalue weighted by atomic mass is 9.96. The van der Waals surface area contributed by atoms with E-state index in [4.69, 9.17) is 11.5 Å². The van der Waals surface area contributed by atoms with Crippen molar-refractivity contribution in [1.29, 1.82) is 0 Å². The number of anilines is 2. The van der Waals surface area contributed by atoms with Crippen LogP contribution in [0.25, 0.3) is 0 Å². The Balaban J connectivity index is 2.37. The van der Waals surface area contributed by atoms with Crippen molar-refractivity contribution in [3.8, 4) is 0 Å². The normalized spacial score (nSPS) is 20.8. The molecule has 0 spiro atoms. The second kappa shape index (κ2) is 3.13. The highest BCUT2D eigenvalue weighted by molar-refractivity contribution is 5.57. The van der Waals surface area contributed by atoms with Crippen molar-refractivity contribution in [2.75, 3.05) is 11.5 Å². The molecular formula is C11H14N2. The molecule has 2 rings (SSSR count). The van der Waals surface area contributed by atoms with Crippen LogP contribution in [0.3, 0.4) is 0 Å². The van der Waals surface area contributed by atoms with Gasteiger partial charge in [0.25, 0.3) is 0 Å². The van der Waals surface area contributed by atoms with Crippen molar-refractivity contribution in [2.24, 2.45) is 0 Å². The molecular weight excluding hydrogens is 160 g/mol. The maximum Gasteiger partial charge on any atom is 0.0354 e. The van der Waals surface area contributed by atoms with E-state index in [2.05, 4.69) is 12.2 Å². The summed E-state index contributed by atoms with van der Waals surface area (Å²) in [6.45, 7) is 0. The van der Waals surface area contributed by atoms with Crippen LogP contribution in [0.2, 0.25) is 0 Å². The molecule has 0 heterocycles. The van der Waals surface area contributed by atoms with Crippen molar-refractivity contribution in [3.63, 3.8) is 0 Å². The van der Waals surface area contributed by atoms with Gasteiger partial charge in [0.05, 0.1) is 0 Å². The standard InChI is InChI=1S/C11H14N2/c12-9-5-6-11(13)10(7-9)8-3-1-2-4-8/h1,3,5-8H,2,4,12-13H2. The van der Waals surface area contributed by atoms with Crippen molar-refractivity contribution >= 4 is 11.4 Å². The Labute approximate surface area is 78.2 Å². The van der Waals surface area contributed by atoms with Gasteiger partial charge in [-0.25, -0.2) is 0 Å². The van der Waals surface area contributed by atoms with Gasteiger partial charge in [-0.3, -0.25) is 0 Å². The van der Waals surface area contributed by atoms with E-state index in [1.807, 2.05) is 18.2 Å². The van der Waals surface area contributed by atoms with Crippen LogP contribution in [0.5, 0.6) is 0 Å². The Morgan fingerprint density at radius 2 is 2.08 bits per heavy atom. The van der Waals surface area contributed by atoms with Crippen LogP contribution in [-0.2, 0) is 0 Å². The van der Waals surface area contributed by atoms with E-state index < -0.39 is 0 Å². The maximum absolute atomic E-state index is 5.88. The highest BCUT2D eigenvalue weighted by Gasteiger charge is 2.14. The van der Waals surface area contributed by atoms with Crippen LogP contribution >= 0.6 is 0 Å². The molecule has 2 heteroatoms. The third-order valence-electron chi connectivity index (χ3n) is 2.52. The molecule has 1 aromatic rings. The first-order chi connectivity index (χ1) is 6.27. The van der Waals surface area contributed by atoms with Crippen molar-refractivity contribution in [2.45, 2.75) is 18.8 Å². The summed E-state index contributed by atoms with van der Waals surface area (Å²) in [6.07, 6.45) is 6.73. The average molecular weight is 174 g/mol. The van der Waals surface area contributed by atoms with Gasteiger partial charge in [0.15, 0.2) is 0 Å². The molecule has 1 unspecified atom stereocenters. The van der Waals surface area contributed by atoms with E-state index in [-0.39, 0.29) is 0 Å². The van der Waals surface area contributed by atoms with Crippen molar-refractivity contribution < 1.29 is 0 Å². The first-order valence-corrected chi connectivity index (χ1v) is 4.59. The molecule has 0 fully saturated rings. The Kier molecular flexibility index (Phi) is 1.97. The van der Waals surface area contributed by atoms with E-state index in [0.717, 1.165) is 24.2 Å². The summed E-state index contributed by atoms with van der Waals surface area (Å²) >= 11 is 0. The monoisotopic (exact) mass is 174 g/mol. The molecule has 68 valence electrons. The summed E-state index contributed by atoms with van der Waals surface area (Å²) in [4.78, 5) is 0. The van der Waals surface area contributed by atoms with Gasteiger partial charge in [-0.1, -0.05) is 12.2 Å². The predicted molar refractivity (Wildman–Crippen MR) is 56.4 cm³/mol. The van der Waals surface area contributed by atoms with Gasteiger partial charge < -0.3 is 11.5 Å². The fraction of sp³-hybridized carbons (Fsp3) is 0.273. The highest BCUT2D eigenvalue weighted by Crippen LogP contribution is 2.32. The van der Waals surface area contributed by atoms with Crippen LogP contribution in [0, 0.1) is 0 Å². The fourth-order valence-electron chi connectivity index (χ4n) is 1.81. The van der Waals surface area contributed by atoms with Crippen molar-refractivity contribution in [3.05, 3.63) is 35.9 Å². The zero-order valence-corrected chi connectivity index (χ0v) is 7.53. The van der Waals surface area contributed by atoms with Gasteiger partial charge in [0.2, 0.25) is 0 Å². The lowest BCUT2D eigenvalue weighted by Crippen LogP contribution is -1.99. The summed E-state index contributed by atoms with van der Waals surface area (Å²) in [6, 6.07) is 5.71. The number of hydrogen-bond acceptors (Lipinski definition) is 2. The summed E-state index contributed by atoms with van der Waals surface area (Å²) in [7, 11) is 0. The quantitative estimate of drug-likeness (QED) is 0.507. The number of benzene rings is 1. The summed E-state index contributed by atoms with van der Waals surface area (Å²) < 4.78 is 0. The van der Waals surface area contributed by atoms with E-state index in [1.54, 1.807) is 0 Å². The number of allylic oxidation sites excluding steroid dienone is 2. The minimum absolute atomic E-state index is 0.475. The molecule has 0 saturated heterocycles. The molecule has 0 aromatic heterocycles. The molecule has 0 radical (unpaired) electrons. The SMILES string of the molecule is Nc1ccc(N)c(C2C=CCC2)c1. The number of nitrogens with two attached hydrogens (primary N) is 2. The van der Waals surface area contributed by atoms with Gasteiger partial charge in [-0.05, 0) is 36.6 Å². The zero-order chi connectivity index (χ0) is 9.26. The summed E-state index contributed by atoms with van der Waals surface area (Å²) in [5.74, 6) is 0.475. The van der Waals surface area contributed by atoms with Crippen LogP contribution in [0.4, 0.5) is 11.4 Å². The maximum atomic E-state index is 5.88. The number of nitrogen functional groups attached to an aromatic ring is 2. The number of rotatable bonds is 1. The van der Waals surface area contributed by atoms with Gasteiger partial charge >= 0.3 is 0 Å². The van der Waals surface area contributed by atoms with Gasteiger partial charge in [-0.2, -0.15) is 0 Å². The third-order valence-corrected chi connectivity index (χ3v) is 2.52. The largest absolute Gasteiger partial charge is 0.399 e. The first-order valence-electron chi connectivity index (χ1n) is 4.59. The molecule has 0 aliphatic heterocycles. The van der Waals surface area contributed by atoms with Crippen molar-refractivity contribution in [1.82, 2.24) is 0 Å². The van der Waals surface area contributed by atoms with Crippen LogP contribution < -0.4 is 11.5 Å². The minimum atomic E-state index is 0.475. The molecule has 4 N–H and O–H groups in total. The van der Waals surface area contributed by atoms with Crippen LogP contribution in [-0.4, -0.2) is 0 Å². The zero-order valence-electron chi connectivity index (χ0n) is 7.53. The van der Waals surface area contributed by atoms with Crippen LogP contribution in [0.15, 0.2) is 30.4 Å². The lowest BCUT2D eigenvalue weighted by molar-refractivity contribution is 0.803. The lowest BCUT2D eigenvalue weighted by Gasteiger charge is -2.11. The van der Waals surface area contributed by atoms with E-state index in [1.165, 1.54) is 5.56 Å². The second-order valence-corrected chi connectivity index (χ2v) is 3.50. The smallest absolute Gasteiger partial charge is 0.0354 e. The van der Waals surface area contributed by atoms with Gasteiger partial charge in [0.1, 0.15) is 0 Å². The third kappa shape index (κ3) is 1.52. The molecule has 0 amide bonds. The average Bonchev–Trinajstić information content (AvgIpc) is 2.61. The highest BCUT2D eigenvalue weighted by atomic mass is 14.6. The first kappa shape index (κ1) is 8.17. The molecule has 0 saturated carbocycles. The summed E-state index contributed by atoms with van der Waals surface area (Å²) in [5.41, 5.74) is 14.4. The fourth-order valence-corrected chi connectivity index (χ4v) is 1.81. The second-order valence-electron chi connectivity index (χ2n) is 3.50. The molecule has 1 atom stereocenters. The topological polar surface area (TPSA) is 52.0 Å². The number of hydrogen-bond donors (Lipinski definition) is 2. The molecule has 1 aliphatic carbocycles. The summed E-state index contributed by atoms with van der Waals surface area (Å²) in [5, 5.41) is 0. The van der Waals surface area contributed by atoms with E-state index >= 15 is 0 Å². The Morgan fingerprint density at radius 1 is 1.23 bits per heavy atom. The van der Waals surface area contributed by atoms with Gasteiger partial charge in [0, 0.05) is 17.3 Å². The molecule has 1 aliphatic rings. The van der Waals surface area contributed by atoms with E-state index in [0.29, 0.717) is 5.92 Å². The predicted octanol–water partition coefficient (Wildman–Crippen LogP) is 2.28. The van der Waals surface area contributed by atoms with Crippen LogP contribution in [0.1, 0.15) is 24.3 Å². The van der Waals surface area contributed by atoms with Gasteiger partial charge in [-0.15, -0.1) is 0 Å². The molecule has 1 aromatic carbocycles. The Morgan fingerprint density at radius 3 is 2.77 bits per heavy atom. The Hall–Kier alpha value is -1.44. The molecule has 0 bridgehead atoms. The minimum Gasteiger partial charge on any atom is -0.399 e. The molecule has 13 heavy (non-hydrogen) atoms. The van der Waals surface area contributed by atoms with E-state index in [9.17, 15) is 0 Å².